The Morgan fingerprint density at radius 1 is 0.941 bits per heavy atom. The van der Waals surface area contributed by atoms with Crippen molar-refractivity contribution >= 4 is 5.78 Å². The zero-order chi connectivity index (χ0) is 11.8. The zero-order valence-corrected chi connectivity index (χ0v) is 9.88. The molecule has 84 valence electrons. The Morgan fingerprint density at radius 3 is 2.47 bits per heavy atom. The third-order valence-corrected chi connectivity index (χ3v) is 2.79. The Balaban J connectivity index is 2.14. The maximum absolute atomic E-state index is 4.51. The van der Waals surface area contributed by atoms with Crippen LogP contribution in [0.5, 0.6) is 0 Å². The molecule has 0 aliphatic heterocycles. The second kappa shape index (κ2) is 3.70. The number of hydrogen-bond acceptors (Lipinski definition) is 2. The fourth-order valence-electron chi connectivity index (χ4n) is 1.85. The molecule has 0 aliphatic rings. The van der Waals surface area contributed by atoms with E-state index in [-0.39, 0.29) is 0 Å². The molecular weight excluding hydrogens is 210 g/mol. The molecule has 2 heterocycles. The summed E-state index contributed by atoms with van der Waals surface area (Å²) in [7, 11) is 0. The second-order valence-electron chi connectivity index (χ2n) is 4.33. The molecule has 3 heteroatoms. The molecule has 0 aliphatic carbocycles. The van der Waals surface area contributed by atoms with Crippen LogP contribution in [0.25, 0.3) is 17.0 Å². The summed E-state index contributed by atoms with van der Waals surface area (Å²) in [6.45, 7) is 4.11. The normalized spacial score (nSPS) is 10.9. The van der Waals surface area contributed by atoms with Crippen LogP contribution in [0.3, 0.4) is 0 Å². The van der Waals surface area contributed by atoms with Gasteiger partial charge < -0.3 is 0 Å². The lowest BCUT2D eigenvalue weighted by Gasteiger charge is -1.95. The maximum atomic E-state index is 4.51. The van der Waals surface area contributed by atoms with Gasteiger partial charge in [-0.3, -0.25) is 4.40 Å². The molecule has 3 nitrogen and oxygen atoms in total. The van der Waals surface area contributed by atoms with Gasteiger partial charge in [0, 0.05) is 24.2 Å². The number of hydrogen-bond donors (Lipinski definition) is 0. The van der Waals surface area contributed by atoms with Crippen molar-refractivity contribution in [2.24, 2.45) is 0 Å². The van der Waals surface area contributed by atoms with E-state index in [1.165, 1.54) is 5.56 Å². The van der Waals surface area contributed by atoms with Crippen LogP contribution >= 0.6 is 0 Å². The molecule has 1 aromatic carbocycles. The summed E-state index contributed by atoms with van der Waals surface area (Å²) in [5.74, 6) is 0.742. The highest BCUT2D eigenvalue weighted by molar-refractivity contribution is 5.61. The van der Waals surface area contributed by atoms with Gasteiger partial charge in [-0.2, -0.15) is 0 Å². The van der Waals surface area contributed by atoms with Gasteiger partial charge in [-0.1, -0.05) is 29.8 Å². The van der Waals surface area contributed by atoms with Crippen molar-refractivity contribution in [2.75, 3.05) is 0 Å². The van der Waals surface area contributed by atoms with E-state index in [0.717, 1.165) is 22.6 Å². The monoisotopic (exact) mass is 223 g/mol. The van der Waals surface area contributed by atoms with E-state index in [4.69, 9.17) is 0 Å². The lowest BCUT2D eigenvalue weighted by Crippen LogP contribution is -1.87. The van der Waals surface area contributed by atoms with Gasteiger partial charge in [-0.25, -0.2) is 9.97 Å². The number of rotatable bonds is 1. The van der Waals surface area contributed by atoms with Crippen molar-refractivity contribution in [3.63, 3.8) is 0 Å². The van der Waals surface area contributed by atoms with Crippen LogP contribution in [0.4, 0.5) is 0 Å². The molecule has 2 aromatic heterocycles. The van der Waals surface area contributed by atoms with Gasteiger partial charge in [0.15, 0.2) is 0 Å². The Kier molecular flexibility index (Phi) is 2.18. The van der Waals surface area contributed by atoms with Crippen molar-refractivity contribution in [2.45, 2.75) is 13.8 Å². The van der Waals surface area contributed by atoms with Crippen molar-refractivity contribution in [1.82, 2.24) is 14.4 Å². The molecule has 0 fully saturated rings. The molecule has 0 N–H and O–H groups in total. The van der Waals surface area contributed by atoms with Gasteiger partial charge in [-0.05, 0) is 19.4 Å². The predicted molar refractivity (Wildman–Crippen MR) is 67.9 cm³/mol. The summed E-state index contributed by atoms with van der Waals surface area (Å²) in [5, 5.41) is 0. The lowest BCUT2D eigenvalue weighted by molar-refractivity contribution is 1.08. The minimum Gasteiger partial charge on any atom is -0.290 e. The van der Waals surface area contributed by atoms with Crippen LogP contribution in [0.15, 0.2) is 42.9 Å². The van der Waals surface area contributed by atoms with Crippen LogP contribution in [0.2, 0.25) is 0 Å². The summed E-state index contributed by atoms with van der Waals surface area (Å²) in [5.41, 5.74) is 4.47. The molecule has 3 aromatic rings. The first-order valence-electron chi connectivity index (χ1n) is 5.61. The minimum absolute atomic E-state index is 0.742. The molecule has 0 saturated heterocycles. The van der Waals surface area contributed by atoms with Crippen molar-refractivity contribution < 1.29 is 0 Å². The Labute approximate surface area is 99.8 Å². The largest absolute Gasteiger partial charge is 0.290 e. The number of fused-ring (bicyclic) bond motifs is 1. The van der Waals surface area contributed by atoms with Gasteiger partial charge >= 0.3 is 0 Å². The summed E-state index contributed by atoms with van der Waals surface area (Å²) < 4.78 is 1.96. The summed E-state index contributed by atoms with van der Waals surface area (Å²) in [6, 6.07) is 8.37. The van der Waals surface area contributed by atoms with Crippen LogP contribution in [-0.4, -0.2) is 14.4 Å². The number of aromatic nitrogens is 3. The standard InChI is InChI=1S/C14H13N3/c1-10-3-5-12(6-4-10)13-9-17-8-11(2)7-15-14(17)16-13/h3-9H,1-2H3. The predicted octanol–water partition coefficient (Wildman–Crippen LogP) is 3.01. The van der Waals surface area contributed by atoms with Crippen LogP contribution in [0.1, 0.15) is 11.1 Å². The van der Waals surface area contributed by atoms with E-state index in [9.17, 15) is 0 Å². The highest BCUT2D eigenvalue weighted by Crippen LogP contribution is 2.18. The van der Waals surface area contributed by atoms with Crippen molar-refractivity contribution in [3.05, 3.63) is 54.0 Å². The van der Waals surface area contributed by atoms with Crippen molar-refractivity contribution in [3.8, 4) is 11.3 Å². The number of imidazole rings is 1. The fourth-order valence-corrected chi connectivity index (χ4v) is 1.85. The van der Waals surface area contributed by atoms with E-state index in [1.54, 1.807) is 0 Å². The Bertz CT molecular complexity index is 666. The van der Waals surface area contributed by atoms with Gasteiger partial charge in [0.1, 0.15) is 0 Å². The molecule has 0 atom stereocenters. The number of aryl methyl sites for hydroxylation is 2. The number of benzene rings is 1. The molecule has 0 spiro atoms. The van der Waals surface area contributed by atoms with Gasteiger partial charge in [-0.15, -0.1) is 0 Å². The quantitative estimate of drug-likeness (QED) is 0.634. The molecule has 0 unspecified atom stereocenters. The molecule has 3 rings (SSSR count). The van der Waals surface area contributed by atoms with Gasteiger partial charge in [0.25, 0.3) is 0 Å². The maximum Gasteiger partial charge on any atom is 0.234 e. The average molecular weight is 223 g/mol. The molecule has 0 amide bonds. The molecule has 0 radical (unpaired) electrons. The van der Waals surface area contributed by atoms with Crippen LogP contribution in [0, 0.1) is 13.8 Å². The van der Waals surface area contributed by atoms with E-state index in [0.29, 0.717) is 0 Å². The van der Waals surface area contributed by atoms with E-state index >= 15 is 0 Å². The highest BCUT2D eigenvalue weighted by Gasteiger charge is 2.04. The summed E-state index contributed by atoms with van der Waals surface area (Å²) in [6.07, 6.45) is 5.88. The first-order chi connectivity index (χ1) is 8.22. The first kappa shape index (κ1) is 10.0. The average Bonchev–Trinajstić information content (AvgIpc) is 2.72. The van der Waals surface area contributed by atoms with E-state index in [2.05, 4.69) is 41.2 Å². The van der Waals surface area contributed by atoms with E-state index < -0.39 is 0 Å². The second-order valence-corrected chi connectivity index (χ2v) is 4.33. The number of nitrogens with zero attached hydrogens (tertiary/aromatic N) is 3. The SMILES string of the molecule is Cc1ccc(-c2cn3cc(C)cnc3n2)cc1. The van der Waals surface area contributed by atoms with Crippen molar-refractivity contribution in [1.29, 1.82) is 0 Å². The summed E-state index contributed by atoms with van der Waals surface area (Å²) in [4.78, 5) is 8.80. The first-order valence-corrected chi connectivity index (χ1v) is 5.61. The third-order valence-electron chi connectivity index (χ3n) is 2.79. The molecule has 17 heavy (non-hydrogen) atoms. The smallest absolute Gasteiger partial charge is 0.234 e. The van der Waals surface area contributed by atoms with Gasteiger partial charge in [0.2, 0.25) is 5.78 Å². The fraction of sp³-hybridized carbons (Fsp3) is 0.143. The van der Waals surface area contributed by atoms with Crippen LogP contribution in [-0.2, 0) is 0 Å². The Hall–Kier alpha value is -2.16. The Morgan fingerprint density at radius 2 is 1.71 bits per heavy atom. The zero-order valence-electron chi connectivity index (χ0n) is 9.88. The topological polar surface area (TPSA) is 30.2 Å². The highest BCUT2D eigenvalue weighted by atomic mass is 15.1. The van der Waals surface area contributed by atoms with Gasteiger partial charge in [0.05, 0.1) is 5.69 Å². The molecule has 0 bridgehead atoms. The van der Waals surface area contributed by atoms with E-state index in [1.807, 2.05) is 29.9 Å². The molecular formula is C14H13N3. The minimum atomic E-state index is 0.742. The summed E-state index contributed by atoms with van der Waals surface area (Å²) >= 11 is 0. The molecule has 0 saturated carbocycles. The van der Waals surface area contributed by atoms with Crippen LogP contribution < -0.4 is 0 Å². The lowest BCUT2D eigenvalue weighted by atomic mass is 10.1. The third kappa shape index (κ3) is 1.80.